The summed E-state index contributed by atoms with van der Waals surface area (Å²) >= 11 is 5.75. The molecular weight excluding hydrogens is 308 g/mol. The van der Waals surface area contributed by atoms with Crippen LogP contribution in [0.15, 0.2) is 30.5 Å². The number of nitrogens with zero attached hydrogens (tertiary/aromatic N) is 3. The van der Waals surface area contributed by atoms with Crippen LogP contribution in [-0.4, -0.2) is 33.4 Å². The van der Waals surface area contributed by atoms with Gasteiger partial charge in [-0.05, 0) is 24.3 Å². The van der Waals surface area contributed by atoms with Crippen molar-refractivity contribution in [3.63, 3.8) is 0 Å². The van der Waals surface area contributed by atoms with Crippen molar-refractivity contribution in [2.24, 2.45) is 5.73 Å². The third kappa shape index (κ3) is 4.83. The fraction of sp³-hybridized carbons (Fsp3) is 0.231. The molecule has 116 valence electrons. The summed E-state index contributed by atoms with van der Waals surface area (Å²) in [7, 11) is 0. The number of hydrogen-bond donors (Lipinski definition) is 3. The Bertz CT molecular complexity index is 655. The summed E-state index contributed by atoms with van der Waals surface area (Å²) in [6.07, 6.45) is 1.58. The Morgan fingerprint density at radius 3 is 2.59 bits per heavy atom. The van der Waals surface area contributed by atoms with Crippen LogP contribution < -0.4 is 16.4 Å². The highest BCUT2D eigenvalue weighted by molar-refractivity contribution is 6.30. The van der Waals surface area contributed by atoms with Gasteiger partial charge in [0, 0.05) is 17.3 Å². The number of carbonyl (C=O) groups is 2. The molecular formula is C13H15ClN6O2. The molecule has 9 heteroatoms. The van der Waals surface area contributed by atoms with Crippen LogP contribution in [0.3, 0.4) is 0 Å². The summed E-state index contributed by atoms with van der Waals surface area (Å²) < 4.78 is 1.36. The molecule has 0 saturated carbocycles. The normalized spacial score (nSPS) is 10.3. The average Bonchev–Trinajstić information content (AvgIpc) is 2.95. The standard InChI is InChI=1S/C13H15ClN6O2/c14-9-1-3-10(4-2-9)17-12(21)6-16-13(22)8-20-7-11(5-15)18-19-20/h1-4,7H,5-6,8,15H2,(H,16,22)(H,17,21). The van der Waals surface area contributed by atoms with Gasteiger partial charge in [-0.1, -0.05) is 16.8 Å². The summed E-state index contributed by atoms with van der Waals surface area (Å²) in [6, 6.07) is 6.67. The highest BCUT2D eigenvalue weighted by Gasteiger charge is 2.08. The van der Waals surface area contributed by atoms with Crippen molar-refractivity contribution in [1.82, 2.24) is 20.3 Å². The Labute approximate surface area is 131 Å². The molecule has 1 aromatic heterocycles. The predicted octanol–water partition coefficient (Wildman–Crippen LogP) is 0.145. The fourth-order valence-electron chi connectivity index (χ4n) is 1.63. The van der Waals surface area contributed by atoms with E-state index in [-0.39, 0.29) is 31.4 Å². The number of benzene rings is 1. The molecule has 0 unspecified atom stereocenters. The van der Waals surface area contributed by atoms with Crippen LogP contribution in [0, 0.1) is 0 Å². The number of rotatable bonds is 6. The number of anilines is 1. The fourth-order valence-corrected chi connectivity index (χ4v) is 1.76. The van der Waals surface area contributed by atoms with Crippen LogP contribution in [0.5, 0.6) is 0 Å². The van der Waals surface area contributed by atoms with Gasteiger partial charge in [-0.25, -0.2) is 4.68 Å². The van der Waals surface area contributed by atoms with Crippen LogP contribution in [-0.2, 0) is 22.7 Å². The minimum atomic E-state index is -0.347. The highest BCUT2D eigenvalue weighted by atomic mass is 35.5. The van der Waals surface area contributed by atoms with E-state index in [2.05, 4.69) is 20.9 Å². The molecule has 2 aromatic rings. The van der Waals surface area contributed by atoms with Crippen molar-refractivity contribution in [2.45, 2.75) is 13.1 Å². The average molecular weight is 323 g/mol. The molecule has 8 nitrogen and oxygen atoms in total. The first-order valence-corrected chi connectivity index (χ1v) is 6.86. The number of halogens is 1. The lowest BCUT2D eigenvalue weighted by Crippen LogP contribution is -2.35. The van der Waals surface area contributed by atoms with E-state index < -0.39 is 0 Å². The number of nitrogens with two attached hydrogens (primary N) is 1. The van der Waals surface area contributed by atoms with Gasteiger partial charge in [-0.3, -0.25) is 9.59 Å². The Hall–Kier alpha value is -2.45. The third-order valence-electron chi connectivity index (χ3n) is 2.67. The second kappa shape index (κ2) is 7.53. The van der Waals surface area contributed by atoms with E-state index in [0.717, 1.165) is 0 Å². The van der Waals surface area contributed by atoms with Crippen molar-refractivity contribution in [2.75, 3.05) is 11.9 Å². The molecule has 0 fully saturated rings. The van der Waals surface area contributed by atoms with Gasteiger partial charge in [-0.15, -0.1) is 5.10 Å². The molecule has 1 heterocycles. The van der Waals surface area contributed by atoms with Gasteiger partial charge in [-0.2, -0.15) is 0 Å². The second-order valence-electron chi connectivity index (χ2n) is 4.44. The van der Waals surface area contributed by atoms with E-state index in [9.17, 15) is 9.59 Å². The Morgan fingerprint density at radius 1 is 1.23 bits per heavy atom. The van der Waals surface area contributed by atoms with E-state index in [1.807, 2.05) is 0 Å². The minimum absolute atomic E-state index is 0.0266. The topological polar surface area (TPSA) is 115 Å². The highest BCUT2D eigenvalue weighted by Crippen LogP contribution is 2.12. The van der Waals surface area contributed by atoms with E-state index in [1.165, 1.54) is 4.68 Å². The Balaban J connectivity index is 1.75. The molecule has 0 saturated heterocycles. The molecule has 0 aliphatic carbocycles. The molecule has 0 radical (unpaired) electrons. The Morgan fingerprint density at radius 2 is 1.95 bits per heavy atom. The quantitative estimate of drug-likeness (QED) is 0.700. The van der Waals surface area contributed by atoms with Crippen molar-refractivity contribution >= 4 is 29.1 Å². The summed E-state index contributed by atoms with van der Waals surface area (Å²) in [5.41, 5.74) is 6.59. The zero-order valence-corrected chi connectivity index (χ0v) is 12.4. The molecule has 0 aliphatic heterocycles. The molecule has 0 atom stereocenters. The number of carbonyl (C=O) groups excluding carboxylic acids is 2. The first kappa shape index (κ1) is 15.9. The zero-order valence-electron chi connectivity index (χ0n) is 11.6. The first-order valence-electron chi connectivity index (χ1n) is 6.48. The lowest BCUT2D eigenvalue weighted by atomic mass is 10.3. The van der Waals surface area contributed by atoms with Crippen LogP contribution >= 0.6 is 11.6 Å². The van der Waals surface area contributed by atoms with Gasteiger partial charge in [0.25, 0.3) is 0 Å². The molecule has 2 amide bonds. The lowest BCUT2D eigenvalue weighted by Gasteiger charge is -2.07. The smallest absolute Gasteiger partial charge is 0.243 e. The number of amides is 2. The van der Waals surface area contributed by atoms with Crippen molar-refractivity contribution in [3.8, 4) is 0 Å². The summed E-state index contributed by atoms with van der Waals surface area (Å²) in [5, 5.41) is 13.2. The molecule has 0 aliphatic rings. The monoisotopic (exact) mass is 322 g/mol. The van der Waals surface area contributed by atoms with E-state index in [0.29, 0.717) is 16.4 Å². The molecule has 0 bridgehead atoms. The largest absolute Gasteiger partial charge is 0.345 e. The molecule has 1 aromatic carbocycles. The van der Waals surface area contributed by atoms with Gasteiger partial charge < -0.3 is 16.4 Å². The number of aromatic nitrogens is 3. The summed E-state index contributed by atoms with van der Waals surface area (Å²) in [6.45, 7) is 0.0895. The zero-order chi connectivity index (χ0) is 15.9. The van der Waals surface area contributed by atoms with E-state index in [1.54, 1.807) is 30.5 Å². The van der Waals surface area contributed by atoms with Crippen molar-refractivity contribution < 1.29 is 9.59 Å². The van der Waals surface area contributed by atoms with E-state index in [4.69, 9.17) is 17.3 Å². The van der Waals surface area contributed by atoms with Crippen LogP contribution in [0.2, 0.25) is 5.02 Å². The lowest BCUT2D eigenvalue weighted by molar-refractivity contribution is -0.124. The summed E-state index contributed by atoms with van der Waals surface area (Å²) in [4.78, 5) is 23.4. The van der Waals surface area contributed by atoms with Crippen LogP contribution in [0.1, 0.15) is 5.69 Å². The van der Waals surface area contributed by atoms with Crippen LogP contribution in [0.25, 0.3) is 0 Å². The van der Waals surface area contributed by atoms with Crippen molar-refractivity contribution in [3.05, 3.63) is 41.2 Å². The van der Waals surface area contributed by atoms with E-state index >= 15 is 0 Å². The maximum Gasteiger partial charge on any atom is 0.243 e. The van der Waals surface area contributed by atoms with Gasteiger partial charge in [0.15, 0.2) is 0 Å². The molecule has 2 rings (SSSR count). The Kier molecular flexibility index (Phi) is 5.45. The minimum Gasteiger partial charge on any atom is -0.345 e. The molecule has 0 spiro atoms. The maximum atomic E-state index is 11.7. The molecule has 22 heavy (non-hydrogen) atoms. The molecule has 4 N–H and O–H groups in total. The van der Waals surface area contributed by atoms with Gasteiger partial charge in [0.05, 0.1) is 18.4 Å². The number of nitrogens with one attached hydrogen (secondary N) is 2. The van der Waals surface area contributed by atoms with Gasteiger partial charge >= 0.3 is 0 Å². The maximum absolute atomic E-state index is 11.7. The van der Waals surface area contributed by atoms with Gasteiger partial charge in [0.1, 0.15) is 6.54 Å². The number of hydrogen-bond acceptors (Lipinski definition) is 5. The first-order chi connectivity index (χ1) is 10.6. The summed E-state index contributed by atoms with van der Waals surface area (Å²) in [5.74, 6) is -0.684. The SMILES string of the molecule is NCc1cn(CC(=O)NCC(=O)Nc2ccc(Cl)cc2)nn1. The predicted molar refractivity (Wildman–Crippen MR) is 81.0 cm³/mol. The van der Waals surface area contributed by atoms with Gasteiger partial charge in [0.2, 0.25) is 11.8 Å². The van der Waals surface area contributed by atoms with Crippen molar-refractivity contribution in [1.29, 1.82) is 0 Å². The van der Waals surface area contributed by atoms with Crippen LogP contribution in [0.4, 0.5) is 5.69 Å². The second-order valence-corrected chi connectivity index (χ2v) is 4.88. The third-order valence-corrected chi connectivity index (χ3v) is 2.93.